The average Bonchev–Trinajstić information content (AvgIpc) is 2.49. The smallest absolute Gasteiger partial charge is 0.313 e. The number of carbonyl (C=O) groups is 2. The van der Waals surface area contributed by atoms with Gasteiger partial charge in [-0.2, -0.15) is 0 Å². The number of ether oxygens (including phenoxy) is 2. The maximum Gasteiger partial charge on any atom is 0.313 e. The highest BCUT2D eigenvalue weighted by Gasteiger charge is 2.14. The minimum absolute atomic E-state index is 0.409. The number of carbonyl (C=O) groups excluding carboxylic acids is 2. The minimum Gasteiger partial charge on any atom is -0.490 e. The van der Waals surface area contributed by atoms with E-state index >= 15 is 0 Å². The van der Waals surface area contributed by atoms with Crippen molar-refractivity contribution in [3.05, 3.63) is 18.2 Å². The summed E-state index contributed by atoms with van der Waals surface area (Å²) in [6.45, 7) is 5.80. The lowest BCUT2D eigenvalue weighted by Crippen LogP contribution is -2.38. The number of hydrogen-bond donors (Lipinski definition) is 2. The number of benzene rings is 1. The second kappa shape index (κ2) is 9.68. The van der Waals surface area contributed by atoms with Gasteiger partial charge in [0.1, 0.15) is 0 Å². The third-order valence-electron chi connectivity index (χ3n) is 2.85. The topological polar surface area (TPSA) is 79.9 Å². The first-order chi connectivity index (χ1) is 11.0. The van der Waals surface area contributed by atoms with E-state index in [9.17, 15) is 9.59 Å². The molecule has 7 nitrogen and oxygen atoms in total. The van der Waals surface area contributed by atoms with E-state index < -0.39 is 11.8 Å². The Bertz CT molecular complexity index is 532. The molecule has 0 radical (unpaired) electrons. The molecular formula is C16H25N3O4. The summed E-state index contributed by atoms with van der Waals surface area (Å²) in [5.74, 6) is -0.253. The maximum atomic E-state index is 11.9. The van der Waals surface area contributed by atoms with Gasteiger partial charge >= 0.3 is 11.8 Å². The van der Waals surface area contributed by atoms with E-state index in [1.54, 1.807) is 18.2 Å². The fraction of sp³-hybridized carbons (Fsp3) is 0.500. The minimum atomic E-state index is -0.713. The van der Waals surface area contributed by atoms with Crippen LogP contribution in [0.3, 0.4) is 0 Å². The molecule has 0 atom stereocenters. The van der Waals surface area contributed by atoms with Crippen molar-refractivity contribution in [1.82, 2.24) is 10.2 Å². The van der Waals surface area contributed by atoms with Crippen LogP contribution in [0.2, 0.25) is 0 Å². The Hall–Kier alpha value is -2.28. The van der Waals surface area contributed by atoms with Crippen LogP contribution in [0.25, 0.3) is 0 Å². The predicted octanol–water partition coefficient (Wildman–Crippen LogP) is 1.10. The van der Waals surface area contributed by atoms with Crippen LogP contribution in [0, 0.1) is 0 Å². The van der Waals surface area contributed by atoms with Crippen LogP contribution >= 0.6 is 0 Å². The van der Waals surface area contributed by atoms with E-state index in [4.69, 9.17) is 9.47 Å². The van der Waals surface area contributed by atoms with Crippen molar-refractivity contribution in [3.63, 3.8) is 0 Å². The highest BCUT2D eigenvalue weighted by Crippen LogP contribution is 2.30. The number of likely N-dealkylation sites (N-methyl/N-ethyl adjacent to an activating group) is 1. The molecule has 1 aromatic carbocycles. The van der Waals surface area contributed by atoms with E-state index in [1.807, 2.05) is 32.8 Å². The number of nitrogens with one attached hydrogen (secondary N) is 2. The van der Waals surface area contributed by atoms with Crippen LogP contribution in [-0.4, -0.2) is 57.1 Å². The molecular weight excluding hydrogens is 298 g/mol. The lowest BCUT2D eigenvalue weighted by Gasteiger charge is -2.13. The Morgan fingerprint density at radius 1 is 1.04 bits per heavy atom. The molecule has 0 spiro atoms. The van der Waals surface area contributed by atoms with Gasteiger partial charge in [0, 0.05) is 24.8 Å². The van der Waals surface area contributed by atoms with E-state index in [-0.39, 0.29) is 0 Å². The van der Waals surface area contributed by atoms with Crippen molar-refractivity contribution in [2.45, 2.75) is 13.8 Å². The average molecular weight is 323 g/mol. The zero-order valence-corrected chi connectivity index (χ0v) is 14.1. The largest absolute Gasteiger partial charge is 0.490 e. The van der Waals surface area contributed by atoms with Crippen LogP contribution < -0.4 is 20.1 Å². The maximum absolute atomic E-state index is 11.9. The lowest BCUT2D eigenvalue weighted by atomic mass is 10.2. The zero-order valence-electron chi connectivity index (χ0n) is 14.1. The fourth-order valence-electron chi connectivity index (χ4n) is 1.79. The monoisotopic (exact) mass is 323 g/mol. The number of amides is 2. The van der Waals surface area contributed by atoms with Crippen LogP contribution in [0.4, 0.5) is 5.69 Å². The zero-order chi connectivity index (χ0) is 17.2. The molecule has 2 amide bonds. The molecule has 0 bridgehead atoms. The quantitative estimate of drug-likeness (QED) is 0.700. The molecule has 0 saturated carbocycles. The van der Waals surface area contributed by atoms with E-state index in [2.05, 4.69) is 10.6 Å². The summed E-state index contributed by atoms with van der Waals surface area (Å²) in [7, 11) is 3.78. The Morgan fingerprint density at radius 3 is 2.30 bits per heavy atom. The normalized spacial score (nSPS) is 10.3. The summed E-state index contributed by atoms with van der Waals surface area (Å²) in [6.07, 6.45) is 0. The molecule has 0 aliphatic carbocycles. The molecule has 0 aliphatic heterocycles. The number of hydrogen-bond acceptors (Lipinski definition) is 5. The number of rotatable bonds is 8. The first kappa shape index (κ1) is 18.8. The number of nitrogens with zero attached hydrogens (tertiary/aromatic N) is 1. The van der Waals surface area contributed by atoms with Gasteiger partial charge in [-0.05, 0) is 40.1 Å². The molecule has 0 aromatic heterocycles. The van der Waals surface area contributed by atoms with Crippen LogP contribution in [-0.2, 0) is 9.59 Å². The molecule has 1 rings (SSSR count). The third kappa shape index (κ3) is 6.56. The molecule has 23 heavy (non-hydrogen) atoms. The van der Waals surface area contributed by atoms with Crippen molar-refractivity contribution in [2.75, 3.05) is 45.7 Å². The van der Waals surface area contributed by atoms with E-state index in [0.717, 1.165) is 0 Å². The summed E-state index contributed by atoms with van der Waals surface area (Å²) >= 11 is 0. The van der Waals surface area contributed by atoms with Gasteiger partial charge < -0.3 is 25.0 Å². The summed E-state index contributed by atoms with van der Waals surface area (Å²) in [4.78, 5) is 25.5. The number of anilines is 1. The van der Waals surface area contributed by atoms with Gasteiger partial charge in [0.2, 0.25) is 0 Å². The second-order valence-corrected chi connectivity index (χ2v) is 5.04. The molecule has 2 N–H and O–H groups in total. The van der Waals surface area contributed by atoms with Crippen LogP contribution in [0.5, 0.6) is 11.5 Å². The highest BCUT2D eigenvalue weighted by atomic mass is 16.5. The summed E-state index contributed by atoms with van der Waals surface area (Å²) < 4.78 is 10.9. The summed E-state index contributed by atoms with van der Waals surface area (Å²) in [5, 5.41) is 5.10. The first-order valence-corrected chi connectivity index (χ1v) is 7.61. The molecule has 0 fully saturated rings. The Balaban J connectivity index is 2.66. The van der Waals surface area contributed by atoms with Crippen LogP contribution in [0.15, 0.2) is 18.2 Å². The van der Waals surface area contributed by atoms with Crippen molar-refractivity contribution in [1.29, 1.82) is 0 Å². The van der Waals surface area contributed by atoms with E-state index in [0.29, 0.717) is 43.5 Å². The van der Waals surface area contributed by atoms with Gasteiger partial charge in [0.15, 0.2) is 11.5 Å². The lowest BCUT2D eigenvalue weighted by molar-refractivity contribution is -0.136. The summed E-state index contributed by atoms with van der Waals surface area (Å²) in [5.41, 5.74) is 0.477. The van der Waals surface area contributed by atoms with E-state index in [1.165, 1.54) is 0 Å². The van der Waals surface area contributed by atoms with Crippen molar-refractivity contribution in [3.8, 4) is 11.5 Å². The molecule has 0 heterocycles. The van der Waals surface area contributed by atoms with Gasteiger partial charge in [-0.15, -0.1) is 0 Å². The highest BCUT2D eigenvalue weighted by molar-refractivity contribution is 6.39. The van der Waals surface area contributed by atoms with Gasteiger partial charge in [-0.3, -0.25) is 9.59 Å². The van der Waals surface area contributed by atoms with Crippen molar-refractivity contribution in [2.24, 2.45) is 0 Å². The van der Waals surface area contributed by atoms with Gasteiger partial charge in [0.05, 0.1) is 13.2 Å². The standard InChI is InChI=1S/C16H25N3O4/c1-5-22-13-8-7-12(11-14(13)23-6-2)18-16(21)15(20)17-9-10-19(3)4/h7-8,11H,5-6,9-10H2,1-4H3,(H,17,20)(H,18,21). The summed E-state index contributed by atoms with van der Waals surface area (Å²) in [6, 6.07) is 5.01. The molecule has 0 unspecified atom stereocenters. The molecule has 0 aliphatic rings. The van der Waals surface area contributed by atoms with Crippen molar-refractivity contribution < 1.29 is 19.1 Å². The van der Waals surface area contributed by atoms with Crippen molar-refractivity contribution >= 4 is 17.5 Å². The van der Waals surface area contributed by atoms with Gasteiger partial charge in [-0.25, -0.2) is 0 Å². The van der Waals surface area contributed by atoms with Gasteiger partial charge in [-0.1, -0.05) is 0 Å². The molecule has 7 heteroatoms. The first-order valence-electron chi connectivity index (χ1n) is 7.61. The second-order valence-electron chi connectivity index (χ2n) is 5.04. The molecule has 1 aromatic rings. The van der Waals surface area contributed by atoms with Crippen LogP contribution in [0.1, 0.15) is 13.8 Å². The Kier molecular flexibility index (Phi) is 7.90. The predicted molar refractivity (Wildman–Crippen MR) is 89.0 cm³/mol. The molecule has 0 saturated heterocycles. The Morgan fingerprint density at radius 2 is 1.70 bits per heavy atom. The molecule has 128 valence electrons. The van der Waals surface area contributed by atoms with Gasteiger partial charge in [0.25, 0.3) is 0 Å². The third-order valence-corrected chi connectivity index (χ3v) is 2.85. The Labute approximate surface area is 136 Å². The SMILES string of the molecule is CCOc1ccc(NC(=O)C(=O)NCCN(C)C)cc1OCC. The fourth-order valence-corrected chi connectivity index (χ4v) is 1.79.